The molecule has 2 unspecified atom stereocenters. The van der Waals surface area contributed by atoms with E-state index in [-0.39, 0.29) is 24.0 Å². The number of benzene rings is 2. The van der Waals surface area contributed by atoms with Crippen molar-refractivity contribution >= 4 is 46.3 Å². The first-order valence-electron chi connectivity index (χ1n) is 10.4. The molecule has 2 aromatic rings. The molecule has 2 heterocycles. The molecule has 32 heavy (non-hydrogen) atoms. The number of carbonyl (C=O) groups is 3. The van der Waals surface area contributed by atoms with Gasteiger partial charge in [0.2, 0.25) is 5.91 Å². The SMILES string of the molecule is CC(=O)Nc1ccc(N2C(=O)C(c3ccc(Cl)cc3)=C(N3CC(C)OC(C)C3)C2=O)cc1. The largest absolute Gasteiger partial charge is 0.372 e. The third kappa shape index (κ3) is 4.26. The second-order valence-corrected chi connectivity index (χ2v) is 8.50. The number of imide groups is 1. The van der Waals surface area contributed by atoms with E-state index in [0.717, 1.165) is 0 Å². The van der Waals surface area contributed by atoms with Crippen LogP contribution in [0.4, 0.5) is 11.4 Å². The first-order chi connectivity index (χ1) is 15.2. The molecule has 166 valence electrons. The second-order valence-electron chi connectivity index (χ2n) is 8.07. The summed E-state index contributed by atoms with van der Waals surface area (Å²) in [6.07, 6.45) is -0.154. The van der Waals surface area contributed by atoms with E-state index in [9.17, 15) is 14.4 Å². The zero-order valence-electron chi connectivity index (χ0n) is 18.1. The monoisotopic (exact) mass is 453 g/mol. The highest BCUT2D eigenvalue weighted by Crippen LogP contribution is 2.36. The fraction of sp³-hybridized carbons (Fsp3) is 0.292. The minimum atomic E-state index is -0.397. The lowest BCUT2D eigenvalue weighted by molar-refractivity contribution is -0.121. The fourth-order valence-corrected chi connectivity index (χ4v) is 4.31. The standard InChI is InChI=1S/C24H24ClN3O4/c1-14-12-27(13-15(2)32-14)22-21(17-4-6-18(25)7-5-17)23(30)28(24(22)31)20-10-8-19(9-11-20)26-16(3)29/h4-11,14-15H,12-13H2,1-3H3,(H,26,29). The number of nitrogens with one attached hydrogen (secondary N) is 1. The van der Waals surface area contributed by atoms with Crippen molar-refractivity contribution in [2.45, 2.75) is 33.0 Å². The van der Waals surface area contributed by atoms with Crippen molar-refractivity contribution in [1.29, 1.82) is 0 Å². The van der Waals surface area contributed by atoms with Crippen LogP contribution in [0.2, 0.25) is 5.02 Å². The number of anilines is 2. The molecule has 2 aromatic carbocycles. The molecule has 0 aliphatic carbocycles. The Morgan fingerprint density at radius 2 is 1.56 bits per heavy atom. The average molecular weight is 454 g/mol. The fourth-order valence-electron chi connectivity index (χ4n) is 4.18. The molecule has 3 amide bonds. The van der Waals surface area contributed by atoms with Crippen LogP contribution >= 0.6 is 11.6 Å². The molecular weight excluding hydrogens is 430 g/mol. The van der Waals surface area contributed by atoms with E-state index in [4.69, 9.17) is 16.3 Å². The smallest absolute Gasteiger partial charge is 0.282 e. The lowest BCUT2D eigenvalue weighted by Gasteiger charge is -2.37. The molecule has 0 radical (unpaired) electrons. The average Bonchev–Trinajstić information content (AvgIpc) is 2.98. The number of rotatable bonds is 4. The van der Waals surface area contributed by atoms with Crippen molar-refractivity contribution in [3.8, 4) is 0 Å². The Labute approximate surface area is 191 Å². The van der Waals surface area contributed by atoms with Gasteiger partial charge in [-0.25, -0.2) is 4.90 Å². The summed E-state index contributed by atoms with van der Waals surface area (Å²) in [5.74, 6) is -0.976. The Kier molecular flexibility index (Phi) is 6.04. The van der Waals surface area contributed by atoms with Crippen molar-refractivity contribution in [1.82, 2.24) is 4.90 Å². The Morgan fingerprint density at radius 3 is 2.12 bits per heavy atom. The van der Waals surface area contributed by atoms with E-state index in [1.165, 1.54) is 11.8 Å². The lowest BCUT2D eigenvalue weighted by Crippen LogP contribution is -2.47. The number of amides is 3. The van der Waals surface area contributed by atoms with Gasteiger partial charge in [-0.2, -0.15) is 0 Å². The van der Waals surface area contributed by atoms with Crippen LogP contribution < -0.4 is 10.2 Å². The summed E-state index contributed by atoms with van der Waals surface area (Å²) in [6.45, 7) is 6.33. The molecule has 1 N–H and O–H groups in total. The highest BCUT2D eigenvalue weighted by molar-refractivity contribution is 6.45. The van der Waals surface area contributed by atoms with Gasteiger partial charge >= 0.3 is 0 Å². The van der Waals surface area contributed by atoms with Crippen LogP contribution in [-0.4, -0.2) is 47.9 Å². The van der Waals surface area contributed by atoms with Gasteiger partial charge in [0, 0.05) is 30.7 Å². The molecule has 0 saturated carbocycles. The van der Waals surface area contributed by atoms with Gasteiger partial charge in [-0.05, 0) is 55.8 Å². The third-order valence-corrected chi connectivity index (χ3v) is 5.63. The number of hydrogen-bond acceptors (Lipinski definition) is 5. The first-order valence-corrected chi connectivity index (χ1v) is 10.8. The number of morpholine rings is 1. The van der Waals surface area contributed by atoms with E-state index >= 15 is 0 Å². The van der Waals surface area contributed by atoms with Gasteiger partial charge < -0.3 is 15.0 Å². The maximum atomic E-state index is 13.6. The summed E-state index contributed by atoms with van der Waals surface area (Å²) in [4.78, 5) is 41.6. The normalized spacial score (nSPS) is 21.4. The van der Waals surface area contributed by atoms with Gasteiger partial charge in [0.15, 0.2) is 0 Å². The third-order valence-electron chi connectivity index (χ3n) is 5.37. The predicted molar refractivity (Wildman–Crippen MR) is 123 cm³/mol. The highest BCUT2D eigenvalue weighted by Gasteiger charge is 2.43. The van der Waals surface area contributed by atoms with Crippen LogP contribution in [-0.2, 0) is 19.1 Å². The van der Waals surface area contributed by atoms with Crippen LogP contribution in [0, 0.1) is 0 Å². The summed E-state index contributed by atoms with van der Waals surface area (Å²) in [5, 5.41) is 3.23. The molecule has 2 aliphatic heterocycles. The maximum absolute atomic E-state index is 13.6. The number of halogens is 1. The van der Waals surface area contributed by atoms with Gasteiger partial charge in [-0.15, -0.1) is 0 Å². The van der Waals surface area contributed by atoms with Crippen LogP contribution in [0.3, 0.4) is 0 Å². The summed E-state index contributed by atoms with van der Waals surface area (Å²) >= 11 is 6.05. The highest BCUT2D eigenvalue weighted by atomic mass is 35.5. The molecule has 2 atom stereocenters. The van der Waals surface area contributed by atoms with Gasteiger partial charge in [0.25, 0.3) is 11.8 Å². The molecule has 2 aliphatic rings. The number of hydrogen-bond donors (Lipinski definition) is 1. The minimum absolute atomic E-state index is 0.0772. The molecule has 0 bridgehead atoms. The van der Waals surface area contributed by atoms with Crippen molar-refractivity contribution in [3.63, 3.8) is 0 Å². The molecule has 1 fully saturated rings. The van der Waals surface area contributed by atoms with Crippen LogP contribution in [0.1, 0.15) is 26.3 Å². The van der Waals surface area contributed by atoms with Crippen molar-refractivity contribution in [2.75, 3.05) is 23.3 Å². The Balaban J connectivity index is 1.76. The van der Waals surface area contributed by atoms with E-state index in [1.54, 1.807) is 48.5 Å². The van der Waals surface area contributed by atoms with E-state index in [1.807, 2.05) is 18.7 Å². The van der Waals surface area contributed by atoms with Crippen LogP contribution in [0.5, 0.6) is 0 Å². The zero-order chi connectivity index (χ0) is 23.0. The van der Waals surface area contributed by atoms with Crippen molar-refractivity contribution < 1.29 is 19.1 Å². The molecule has 7 nitrogen and oxygen atoms in total. The summed E-state index contributed by atoms with van der Waals surface area (Å²) < 4.78 is 5.82. The van der Waals surface area contributed by atoms with Gasteiger partial charge in [-0.3, -0.25) is 14.4 Å². The van der Waals surface area contributed by atoms with E-state index in [0.29, 0.717) is 46.3 Å². The first kappa shape index (κ1) is 22.0. The van der Waals surface area contributed by atoms with Crippen molar-refractivity contribution in [2.24, 2.45) is 0 Å². The van der Waals surface area contributed by atoms with E-state index < -0.39 is 5.91 Å². The summed E-state index contributed by atoms with van der Waals surface area (Å²) in [6, 6.07) is 13.5. The molecule has 1 saturated heterocycles. The van der Waals surface area contributed by atoms with Gasteiger partial charge in [0.1, 0.15) is 5.70 Å². The van der Waals surface area contributed by atoms with Gasteiger partial charge in [-0.1, -0.05) is 23.7 Å². The lowest BCUT2D eigenvalue weighted by atomic mass is 10.0. The number of ether oxygens (including phenoxy) is 1. The predicted octanol–water partition coefficient (Wildman–Crippen LogP) is 3.69. The van der Waals surface area contributed by atoms with Gasteiger partial charge in [0.05, 0.1) is 23.5 Å². The zero-order valence-corrected chi connectivity index (χ0v) is 18.8. The Bertz CT molecular complexity index is 1090. The quantitative estimate of drug-likeness (QED) is 0.714. The summed E-state index contributed by atoms with van der Waals surface area (Å²) in [5.41, 5.74) is 2.36. The minimum Gasteiger partial charge on any atom is -0.372 e. The van der Waals surface area contributed by atoms with E-state index in [2.05, 4.69) is 5.32 Å². The van der Waals surface area contributed by atoms with Crippen LogP contribution in [0.25, 0.3) is 5.57 Å². The summed E-state index contributed by atoms with van der Waals surface area (Å²) in [7, 11) is 0. The topological polar surface area (TPSA) is 79.0 Å². The maximum Gasteiger partial charge on any atom is 0.282 e. The Morgan fingerprint density at radius 1 is 0.969 bits per heavy atom. The number of carbonyl (C=O) groups excluding carboxylic acids is 3. The Hall–Kier alpha value is -3.16. The molecule has 8 heteroatoms. The van der Waals surface area contributed by atoms with Crippen LogP contribution in [0.15, 0.2) is 54.2 Å². The second kappa shape index (κ2) is 8.76. The molecule has 0 aromatic heterocycles. The number of nitrogens with zero attached hydrogens (tertiary/aromatic N) is 2. The van der Waals surface area contributed by atoms with Crippen molar-refractivity contribution in [3.05, 3.63) is 64.8 Å². The molecule has 4 rings (SSSR count). The molecular formula is C24H24ClN3O4. The molecule has 0 spiro atoms.